The van der Waals surface area contributed by atoms with Gasteiger partial charge in [0.1, 0.15) is 12.6 Å². The molecule has 0 aliphatic carbocycles. The minimum absolute atomic E-state index is 0.0381. The summed E-state index contributed by atoms with van der Waals surface area (Å²) in [7, 11) is -4.13. The monoisotopic (exact) mass is 569 g/mol. The first-order valence-electron chi connectivity index (χ1n) is 12.8. The fourth-order valence-corrected chi connectivity index (χ4v) is 5.80. The molecule has 7 nitrogen and oxygen atoms in total. The molecule has 0 heterocycles. The Morgan fingerprint density at radius 3 is 2.13 bits per heavy atom. The molecule has 0 aliphatic rings. The SMILES string of the molecule is Cc1ccc(S(=O)(=O)N(CC(=O)N(Cc2ccccc2Cl)[C@@H](C)C(=O)NC(C)C)c2cc(C)ccc2C)cc1. The maximum Gasteiger partial charge on any atom is 0.264 e. The summed E-state index contributed by atoms with van der Waals surface area (Å²) in [5, 5.41) is 3.29. The summed E-state index contributed by atoms with van der Waals surface area (Å²) in [5.74, 6) is -0.872. The number of sulfonamides is 1. The zero-order valence-corrected chi connectivity index (χ0v) is 24.8. The van der Waals surface area contributed by atoms with E-state index in [0.717, 1.165) is 15.4 Å². The molecule has 0 radical (unpaired) electrons. The fraction of sp³-hybridized carbons (Fsp3) is 0.333. The van der Waals surface area contributed by atoms with Crippen molar-refractivity contribution in [3.05, 3.63) is 94.0 Å². The molecule has 0 bridgehead atoms. The van der Waals surface area contributed by atoms with Gasteiger partial charge in [-0.05, 0) is 82.5 Å². The van der Waals surface area contributed by atoms with Crippen molar-refractivity contribution in [2.45, 2.75) is 65.1 Å². The lowest BCUT2D eigenvalue weighted by Crippen LogP contribution is -2.52. The van der Waals surface area contributed by atoms with E-state index >= 15 is 0 Å². The molecule has 3 aromatic carbocycles. The molecular formula is C30H36ClN3O4S. The lowest BCUT2D eigenvalue weighted by Gasteiger charge is -2.33. The van der Waals surface area contributed by atoms with Crippen molar-refractivity contribution in [2.24, 2.45) is 0 Å². The molecular weight excluding hydrogens is 534 g/mol. The van der Waals surface area contributed by atoms with Crippen LogP contribution in [0, 0.1) is 20.8 Å². The molecule has 9 heteroatoms. The highest BCUT2D eigenvalue weighted by atomic mass is 35.5. The van der Waals surface area contributed by atoms with E-state index in [0.29, 0.717) is 21.8 Å². The van der Waals surface area contributed by atoms with E-state index in [1.165, 1.54) is 17.0 Å². The van der Waals surface area contributed by atoms with E-state index in [1.807, 2.05) is 39.8 Å². The van der Waals surface area contributed by atoms with Crippen molar-refractivity contribution in [1.82, 2.24) is 10.2 Å². The second-order valence-corrected chi connectivity index (χ2v) is 12.3. The van der Waals surface area contributed by atoms with Crippen LogP contribution >= 0.6 is 11.6 Å². The third-order valence-corrected chi connectivity index (χ3v) is 8.56. The van der Waals surface area contributed by atoms with Crippen molar-refractivity contribution < 1.29 is 18.0 Å². The summed E-state index contributed by atoms with van der Waals surface area (Å²) >= 11 is 6.40. The number of amides is 2. The molecule has 0 aliphatic heterocycles. The van der Waals surface area contributed by atoms with E-state index in [9.17, 15) is 18.0 Å². The third kappa shape index (κ3) is 7.40. The van der Waals surface area contributed by atoms with Crippen LogP contribution in [0.25, 0.3) is 0 Å². The van der Waals surface area contributed by atoms with Crippen LogP contribution in [-0.4, -0.2) is 43.8 Å². The van der Waals surface area contributed by atoms with Gasteiger partial charge < -0.3 is 10.2 Å². The summed E-state index contributed by atoms with van der Waals surface area (Å²) < 4.78 is 29.1. The molecule has 39 heavy (non-hydrogen) atoms. The first-order valence-corrected chi connectivity index (χ1v) is 14.6. The molecule has 2 amide bonds. The number of halogens is 1. The standard InChI is InChI=1S/C30H36ClN3O4S/c1-20(2)32-30(36)24(6)33(18-25-9-7-8-10-27(25)31)29(35)19-34(28-17-22(4)11-14-23(28)5)39(37,38)26-15-12-21(3)13-16-26/h7-17,20,24H,18-19H2,1-6H3,(H,32,36)/t24-/m0/s1. The highest BCUT2D eigenvalue weighted by Gasteiger charge is 2.33. The second-order valence-electron chi connectivity index (χ2n) is 10.1. The van der Waals surface area contributed by atoms with E-state index in [1.54, 1.807) is 56.3 Å². The van der Waals surface area contributed by atoms with E-state index in [2.05, 4.69) is 5.32 Å². The number of carbonyl (C=O) groups is 2. The Bertz CT molecular complexity index is 1440. The van der Waals surface area contributed by atoms with Gasteiger partial charge in [-0.25, -0.2) is 8.42 Å². The zero-order chi connectivity index (χ0) is 28.9. The minimum atomic E-state index is -4.13. The Balaban J connectivity index is 2.09. The van der Waals surface area contributed by atoms with Crippen LogP contribution < -0.4 is 9.62 Å². The largest absolute Gasteiger partial charge is 0.352 e. The first-order chi connectivity index (χ1) is 18.3. The zero-order valence-electron chi connectivity index (χ0n) is 23.2. The molecule has 0 saturated heterocycles. The van der Waals surface area contributed by atoms with Gasteiger partial charge in [0.2, 0.25) is 11.8 Å². The van der Waals surface area contributed by atoms with Crippen LogP contribution in [0.5, 0.6) is 0 Å². The number of rotatable bonds is 10. The Hall–Kier alpha value is -3.36. The number of hydrogen-bond acceptors (Lipinski definition) is 4. The molecule has 1 atom stereocenters. The van der Waals surface area contributed by atoms with Gasteiger partial charge in [0.25, 0.3) is 10.0 Å². The summed E-state index contributed by atoms with van der Waals surface area (Å²) in [6.45, 7) is 10.4. The van der Waals surface area contributed by atoms with E-state index < -0.39 is 28.5 Å². The maximum atomic E-state index is 14.0. The molecule has 1 N–H and O–H groups in total. The van der Waals surface area contributed by atoms with Gasteiger partial charge in [-0.15, -0.1) is 0 Å². The van der Waals surface area contributed by atoms with Crippen molar-refractivity contribution in [3.63, 3.8) is 0 Å². The van der Waals surface area contributed by atoms with Gasteiger partial charge in [-0.3, -0.25) is 13.9 Å². The van der Waals surface area contributed by atoms with Gasteiger partial charge in [0.15, 0.2) is 0 Å². The number of hydrogen-bond donors (Lipinski definition) is 1. The minimum Gasteiger partial charge on any atom is -0.352 e. The topological polar surface area (TPSA) is 86.8 Å². The predicted octanol–water partition coefficient (Wildman–Crippen LogP) is 5.40. The van der Waals surface area contributed by atoms with Crippen LogP contribution in [0.3, 0.4) is 0 Å². The van der Waals surface area contributed by atoms with E-state index in [4.69, 9.17) is 11.6 Å². The van der Waals surface area contributed by atoms with Crippen molar-refractivity contribution in [1.29, 1.82) is 0 Å². The van der Waals surface area contributed by atoms with Crippen molar-refractivity contribution in [3.8, 4) is 0 Å². The number of benzene rings is 3. The van der Waals surface area contributed by atoms with Gasteiger partial charge in [-0.1, -0.05) is 59.6 Å². The number of nitrogens with one attached hydrogen (secondary N) is 1. The quantitative estimate of drug-likeness (QED) is 0.354. The molecule has 3 rings (SSSR count). The molecule has 0 saturated carbocycles. The van der Waals surface area contributed by atoms with Crippen LogP contribution in [0.4, 0.5) is 5.69 Å². The highest BCUT2D eigenvalue weighted by Crippen LogP contribution is 2.29. The summed E-state index contributed by atoms with van der Waals surface area (Å²) in [6, 6.07) is 18.0. The maximum absolute atomic E-state index is 14.0. The Kier molecular flexibility index (Phi) is 9.80. The molecule has 0 aromatic heterocycles. The molecule has 3 aromatic rings. The normalized spacial score (nSPS) is 12.2. The number of aryl methyl sites for hydroxylation is 3. The van der Waals surface area contributed by atoms with E-state index in [-0.39, 0.29) is 23.4 Å². The average molecular weight is 570 g/mol. The summed E-state index contributed by atoms with van der Waals surface area (Å²) in [6.07, 6.45) is 0. The Labute approximate surface area is 236 Å². The Morgan fingerprint density at radius 1 is 0.897 bits per heavy atom. The molecule has 0 fully saturated rings. The van der Waals surface area contributed by atoms with Gasteiger partial charge in [0, 0.05) is 17.6 Å². The van der Waals surface area contributed by atoms with Gasteiger partial charge in [0.05, 0.1) is 10.6 Å². The van der Waals surface area contributed by atoms with Crippen LogP contribution in [-0.2, 0) is 26.2 Å². The molecule has 0 unspecified atom stereocenters. The average Bonchev–Trinajstić information content (AvgIpc) is 2.87. The Morgan fingerprint density at radius 2 is 1.51 bits per heavy atom. The van der Waals surface area contributed by atoms with Crippen molar-refractivity contribution in [2.75, 3.05) is 10.8 Å². The van der Waals surface area contributed by atoms with Crippen LogP contribution in [0.1, 0.15) is 43.0 Å². The lowest BCUT2D eigenvalue weighted by molar-refractivity contribution is -0.139. The first kappa shape index (κ1) is 30.2. The predicted molar refractivity (Wildman–Crippen MR) is 156 cm³/mol. The second kappa shape index (κ2) is 12.7. The number of carbonyl (C=O) groups excluding carboxylic acids is 2. The summed E-state index contributed by atoms with van der Waals surface area (Å²) in [4.78, 5) is 28.5. The van der Waals surface area contributed by atoms with Crippen molar-refractivity contribution >= 4 is 39.1 Å². The van der Waals surface area contributed by atoms with Crippen LogP contribution in [0.2, 0.25) is 5.02 Å². The molecule has 0 spiro atoms. The van der Waals surface area contributed by atoms with Gasteiger partial charge >= 0.3 is 0 Å². The van der Waals surface area contributed by atoms with Gasteiger partial charge in [-0.2, -0.15) is 0 Å². The summed E-state index contributed by atoms with van der Waals surface area (Å²) in [5.41, 5.74) is 3.52. The smallest absolute Gasteiger partial charge is 0.264 e. The number of anilines is 1. The van der Waals surface area contributed by atoms with Crippen LogP contribution in [0.15, 0.2) is 71.6 Å². The highest BCUT2D eigenvalue weighted by molar-refractivity contribution is 7.92. The third-order valence-electron chi connectivity index (χ3n) is 6.42. The number of nitrogens with zero attached hydrogens (tertiary/aromatic N) is 2. The fourth-order valence-electron chi connectivity index (χ4n) is 4.14. The lowest BCUT2D eigenvalue weighted by atomic mass is 10.1. The molecule has 208 valence electrons.